The molecule has 0 aromatic rings. The van der Waals surface area contributed by atoms with E-state index < -0.39 is 19.9 Å². The van der Waals surface area contributed by atoms with Crippen LogP contribution >= 0.6 is 0 Å². The standard InChI is InChI=1S/C8H16N2O4S2/c11-15(12)5-1-8(7-15)10-3-2-9-16(13,14)6-4-10/h8-9H,1-7H2. The lowest BCUT2D eigenvalue weighted by Crippen LogP contribution is -2.39. The molecule has 1 unspecified atom stereocenters. The quantitative estimate of drug-likeness (QED) is 0.620. The van der Waals surface area contributed by atoms with Gasteiger partial charge in [-0.05, 0) is 6.42 Å². The van der Waals surface area contributed by atoms with Gasteiger partial charge in [0, 0.05) is 25.7 Å². The molecule has 0 amide bonds. The summed E-state index contributed by atoms with van der Waals surface area (Å²) in [7, 11) is -6.05. The Hall–Kier alpha value is -0.180. The summed E-state index contributed by atoms with van der Waals surface area (Å²) in [5, 5.41) is 0. The van der Waals surface area contributed by atoms with Gasteiger partial charge in [0.15, 0.2) is 9.84 Å². The molecular formula is C8H16N2O4S2. The van der Waals surface area contributed by atoms with E-state index in [0.717, 1.165) is 0 Å². The van der Waals surface area contributed by atoms with E-state index in [1.807, 2.05) is 4.90 Å². The van der Waals surface area contributed by atoms with E-state index >= 15 is 0 Å². The summed E-state index contributed by atoms with van der Waals surface area (Å²) in [6, 6.07) is 0.0000926. The fraction of sp³-hybridized carbons (Fsp3) is 1.00. The van der Waals surface area contributed by atoms with Crippen LogP contribution in [0.25, 0.3) is 0 Å². The lowest BCUT2D eigenvalue weighted by molar-refractivity contribution is 0.233. The van der Waals surface area contributed by atoms with E-state index in [1.165, 1.54) is 0 Å². The topological polar surface area (TPSA) is 83.6 Å². The van der Waals surface area contributed by atoms with Crippen molar-refractivity contribution in [2.24, 2.45) is 0 Å². The second kappa shape index (κ2) is 4.25. The summed E-state index contributed by atoms with van der Waals surface area (Å²) in [6.45, 7) is 1.40. The highest BCUT2D eigenvalue weighted by Crippen LogP contribution is 2.18. The monoisotopic (exact) mass is 268 g/mol. The van der Waals surface area contributed by atoms with Crippen LogP contribution in [-0.2, 0) is 19.9 Å². The van der Waals surface area contributed by atoms with Crippen LogP contribution in [0.2, 0.25) is 0 Å². The summed E-state index contributed by atoms with van der Waals surface area (Å²) in [5.41, 5.74) is 0. The molecule has 8 heteroatoms. The molecule has 94 valence electrons. The van der Waals surface area contributed by atoms with Crippen LogP contribution in [0.5, 0.6) is 0 Å². The minimum absolute atomic E-state index is 0.0000926. The minimum Gasteiger partial charge on any atom is -0.297 e. The van der Waals surface area contributed by atoms with Crippen molar-refractivity contribution < 1.29 is 16.8 Å². The second-order valence-electron chi connectivity index (χ2n) is 4.31. The Morgan fingerprint density at radius 3 is 2.44 bits per heavy atom. The van der Waals surface area contributed by atoms with Crippen molar-refractivity contribution in [2.75, 3.05) is 36.9 Å². The number of sulfonamides is 1. The molecule has 6 nitrogen and oxygen atoms in total. The van der Waals surface area contributed by atoms with Crippen LogP contribution in [-0.4, -0.2) is 64.7 Å². The zero-order valence-electron chi connectivity index (χ0n) is 8.92. The maximum absolute atomic E-state index is 11.3. The van der Waals surface area contributed by atoms with Gasteiger partial charge in [-0.2, -0.15) is 0 Å². The number of nitrogens with zero attached hydrogens (tertiary/aromatic N) is 1. The van der Waals surface area contributed by atoms with E-state index in [2.05, 4.69) is 4.72 Å². The number of hydrogen-bond acceptors (Lipinski definition) is 5. The molecule has 0 aliphatic carbocycles. The first-order valence-electron chi connectivity index (χ1n) is 5.30. The largest absolute Gasteiger partial charge is 0.297 e. The van der Waals surface area contributed by atoms with Crippen LogP contribution in [0.1, 0.15) is 6.42 Å². The second-order valence-corrected chi connectivity index (χ2v) is 8.46. The van der Waals surface area contributed by atoms with Crippen LogP contribution < -0.4 is 4.72 Å². The molecule has 2 fully saturated rings. The Kier molecular flexibility index (Phi) is 3.26. The summed E-state index contributed by atoms with van der Waals surface area (Å²) < 4.78 is 47.8. The van der Waals surface area contributed by atoms with Crippen LogP contribution in [0.15, 0.2) is 0 Å². The van der Waals surface area contributed by atoms with E-state index in [-0.39, 0.29) is 23.3 Å². The molecule has 0 bridgehead atoms. The van der Waals surface area contributed by atoms with Gasteiger partial charge in [-0.15, -0.1) is 0 Å². The van der Waals surface area contributed by atoms with Gasteiger partial charge in [0.25, 0.3) is 0 Å². The first-order valence-corrected chi connectivity index (χ1v) is 8.77. The van der Waals surface area contributed by atoms with E-state index in [0.29, 0.717) is 26.1 Å². The zero-order chi connectivity index (χ0) is 11.8. The highest BCUT2D eigenvalue weighted by molar-refractivity contribution is 7.91. The smallest absolute Gasteiger partial charge is 0.212 e. The lowest BCUT2D eigenvalue weighted by Gasteiger charge is -2.25. The maximum atomic E-state index is 11.3. The van der Waals surface area contributed by atoms with Crippen molar-refractivity contribution in [2.45, 2.75) is 12.5 Å². The first kappa shape index (κ1) is 12.3. The third-order valence-corrected chi connectivity index (χ3v) is 6.21. The molecule has 2 rings (SSSR count). The molecule has 0 saturated carbocycles. The highest BCUT2D eigenvalue weighted by atomic mass is 32.2. The molecule has 16 heavy (non-hydrogen) atoms. The average Bonchev–Trinajstić information content (AvgIpc) is 2.41. The van der Waals surface area contributed by atoms with Gasteiger partial charge in [-0.3, -0.25) is 4.90 Å². The number of rotatable bonds is 1. The molecule has 2 saturated heterocycles. The van der Waals surface area contributed by atoms with Gasteiger partial charge >= 0.3 is 0 Å². The summed E-state index contributed by atoms with van der Waals surface area (Å²) in [6.07, 6.45) is 0.627. The zero-order valence-corrected chi connectivity index (χ0v) is 10.6. The Labute approximate surface area is 96.0 Å². The lowest BCUT2D eigenvalue weighted by atomic mass is 10.2. The van der Waals surface area contributed by atoms with E-state index in [4.69, 9.17) is 0 Å². The molecule has 1 atom stereocenters. The van der Waals surface area contributed by atoms with Crippen LogP contribution in [0.3, 0.4) is 0 Å². The molecule has 0 aromatic carbocycles. The van der Waals surface area contributed by atoms with Crippen LogP contribution in [0, 0.1) is 0 Å². The van der Waals surface area contributed by atoms with Gasteiger partial charge in [-0.25, -0.2) is 21.6 Å². The minimum atomic E-state index is -3.15. The number of hydrogen-bond donors (Lipinski definition) is 1. The van der Waals surface area contributed by atoms with E-state index in [9.17, 15) is 16.8 Å². The Morgan fingerprint density at radius 1 is 1.06 bits per heavy atom. The predicted molar refractivity (Wildman–Crippen MR) is 60.4 cm³/mol. The van der Waals surface area contributed by atoms with Crippen LogP contribution in [0.4, 0.5) is 0 Å². The fourth-order valence-electron chi connectivity index (χ4n) is 2.19. The molecule has 2 heterocycles. The molecule has 0 spiro atoms. The first-order chi connectivity index (χ1) is 7.38. The van der Waals surface area contributed by atoms with Gasteiger partial charge < -0.3 is 0 Å². The van der Waals surface area contributed by atoms with Crippen molar-refractivity contribution in [3.05, 3.63) is 0 Å². The predicted octanol–water partition coefficient (Wildman–Crippen LogP) is -1.59. The third-order valence-electron chi connectivity index (χ3n) is 3.09. The summed E-state index contributed by atoms with van der Waals surface area (Å²) in [5.74, 6) is 0.463. The summed E-state index contributed by atoms with van der Waals surface area (Å²) in [4.78, 5) is 1.97. The average molecular weight is 268 g/mol. The highest BCUT2D eigenvalue weighted by Gasteiger charge is 2.33. The Balaban J connectivity index is 2.02. The Morgan fingerprint density at radius 2 is 1.81 bits per heavy atom. The fourth-order valence-corrected chi connectivity index (χ4v) is 4.98. The SMILES string of the molecule is O=S1(=O)CCC(N2CCNS(=O)(=O)CC2)C1. The van der Waals surface area contributed by atoms with Gasteiger partial charge in [-0.1, -0.05) is 0 Å². The van der Waals surface area contributed by atoms with Crippen molar-refractivity contribution >= 4 is 19.9 Å². The Bertz CT molecular complexity index is 456. The van der Waals surface area contributed by atoms with Crippen molar-refractivity contribution in [3.8, 4) is 0 Å². The molecule has 0 aromatic heterocycles. The summed E-state index contributed by atoms with van der Waals surface area (Å²) >= 11 is 0. The number of nitrogens with one attached hydrogen (secondary N) is 1. The normalized spacial score (nSPS) is 34.6. The van der Waals surface area contributed by atoms with Crippen molar-refractivity contribution in [3.63, 3.8) is 0 Å². The van der Waals surface area contributed by atoms with Crippen molar-refractivity contribution in [1.82, 2.24) is 9.62 Å². The maximum Gasteiger partial charge on any atom is 0.212 e. The van der Waals surface area contributed by atoms with Gasteiger partial charge in [0.1, 0.15) is 0 Å². The van der Waals surface area contributed by atoms with Gasteiger partial charge in [0.05, 0.1) is 17.3 Å². The molecular weight excluding hydrogens is 252 g/mol. The van der Waals surface area contributed by atoms with E-state index in [1.54, 1.807) is 0 Å². The van der Waals surface area contributed by atoms with Crippen molar-refractivity contribution in [1.29, 1.82) is 0 Å². The molecule has 1 N–H and O–H groups in total. The van der Waals surface area contributed by atoms with Gasteiger partial charge in [0.2, 0.25) is 10.0 Å². The molecule has 0 radical (unpaired) electrons. The third kappa shape index (κ3) is 2.93. The molecule has 2 aliphatic rings. The molecule has 2 aliphatic heterocycles. The number of sulfone groups is 1.